The summed E-state index contributed by atoms with van der Waals surface area (Å²) >= 11 is 0. The lowest BCUT2D eigenvalue weighted by molar-refractivity contribution is -0.0228. The first-order chi connectivity index (χ1) is 9.24. The van der Waals surface area contributed by atoms with Crippen molar-refractivity contribution in [1.82, 2.24) is 15.5 Å². The van der Waals surface area contributed by atoms with E-state index in [2.05, 4.69) is 15.5 Å². The van der Waals surface area contributed by atoms with Crippen molar-refractivity contribution in [2.75, 3.05) is 13.1 Å². The Bertz CT molecular complexity index is 469. The smallest absolute Gasteiger partial charge is 0.258 e. The van der Waals surface area contributed by atoms with Crippen LogP contribution >= 0.6 is 0 Å². The minimum Gasteiger partial charge on any atom is -0.380 e. The monoisotopic (exact) mass is 265 g/mol. The number of piperidine rings is 1. The molecule has 3 aliphatic heterocycles. The minimum atomic E-state index is -0.949. The lowest BCUT2D eigenvalue weighted by Gasteiger charge is -2.28. The second kappa shape index (κ2) is 4.26. The average Bonchev–Trinajstić information content (AvgIpc) is 3.15. The summed E-state index contributed by atoms with van der Waals surface area (Å²) in [6.07, 6.45) is 5.11. The summed E-state index contributed by atoms with van der Waals surface area (Å²) in [4.78, 5) is 4.47. The summed E-state index contributed by atoms with van der Waals surface area (Å²) in [7, 11) is 0. The highest BCUT2D eigenvalue weighted by Gasteiger charge is 2.45. The molecule has 0 amide bonds. The normalized spacial score (nSPS) is 36.8. The Morgan fingerprint density at radius 3 is 2.79 bits per heavy atom. The van der Waals surface area contributed by atoms with E-state index in [0.717, 1.165) is 32.4 Å². The molecule has 3 atom stereocenters. The largest absolute Gasteiger partial charge is 0.380 e. The molecule has 0 aromatic carbocycles. The second-order valence-corrected chi connectivity index (χ2v) is 5.96. The minimum absolute atomic E-state index is 0.248. The van der Waals surface area contributed by atoms with Gasteiger partial charge in [-0.1, -0.05) is 5.16 Å². The molecular weight excluding hydrogens is 246 g/mol. The van der Waals surface area contributed by atoms with Crippen molar-refractivity contribution in [3.63, 3.8) is 0 Å². The molecule has 6 heteroatoms. The Hall–Kier alpha value is -0.980. The van der Waals surface area contributed by atoms with E-state index in [1.54, 1.807) is 0 Å². The van der Waals surface area contributed by atoms with Crippen molar-refractivity contribution in [3.8, 4) is 0 Å². The second-order valence-electron chi connectivity index (χ2n) is 5.96. The zero-order valence-corrected chi connectivity index (χ0v) is 10.8. The fourth-order valence-corrected chi connectivity index (χ4v) is 3.54. The highest BCUT2D eigenvalue weighted by Crippen LogP contribution is 2.44. The van der Waals surface area contributed by atoms with E-state index >= 15 is 0 Å². The number of aromatic nitrogens is 2. The van der Waals surface area contributed by atoms with Crippen molar-refractivity contribution in [2.45, 2.75) is 55.8 Å². The van der Waals surface area contributed by atoms with E-state index in [1.807, 2.05) is 0 Å². The molecule has 2 bridgehead atoms. The van der Waals surface area contributed by atoms with Gasteiger partial charge in [-0.2, -0.15) is 4.98 Å². The molecule has 0 saturated carbocycles. The third-order valence-electron chi connectivity index (χ3n) is 4.71. The van der Waals surface area contributed by atoms with Gasteiger partial charge in [0.25, 0.3) is 5.89 Å². The molecule has 0 radical (unpaired) electrons. The Morgan fingerprint density at radius 2 is 2.11 bits per heavy atom. The van der Waals surface area contributed by atoms with Crippen LogP contribution in [0.2, 0.25) is 0 Å². The third kappa shape index (κ3) is 1.89. The number of nitrogens with one attached hydrogen (secondary N) is 1. The number of aliphatic hydroxyl groups is 1. The van der Waals surface area contributed by atoms with Crippen LogP contribution in [0.5, 0.6) is 0 Å². The molecule has 6 nitrogen and oxygen atoms in total. The molecule has 104 valence electrons. The van der Waals surface area contributed by atoms with Crippen LogP contribution in [0.1, 0.15) is 49.7 Å². The van der Waals surface area contributed by atoms with E-state index < -0.39 is 5.60 Å². The van der Waals surface area contributed by atoms with Crippen molar-refractivity contribution in [1.29, 1.82) is 0 Å². The van der Waals surface area contributed by atoms with E-state index in [0.29, 0.717) is 30.7 Å². The van der Waals surface area contributed by atoms with E-state index in [4.69, 9.17) is 9.26 Å². The van der Waals surface area contributed by atoms with Gasteiger partial charge in [-0.3, -0.25) is 0 Å². The quantitative estimate of drug-likeness (QED) is 0.818. The Kier molecular flexibility index (Phi) is 2.65. The Balaban J connectivity index is 1.56. The average molecular weight is 265 g/mol. The molecular formula is C13H19N3O3. The van der Waals surface area contributed by atoms with Gasteiger partial charge in [0.2, 0.25) is 0 Å². The van der Waals surface area contributed by atoms with Crippen LogP contribution in [0, 0.1) is 0 Å². The van der Waals surface area contributed by atoms with Crippen LogP contribution in [0.15, 0.2) is 4.52 Å². The topological polar surface area (TPSA) is 80.4 Å². The first-order valence-corrected chi connectivity index (χ1v) is 7.17. The number of fused-ring (bicyclic) bond motifs is 2. The first kappa shape index (κ1) is 11.8. The predicted molar refractivity (Wildman–Crippen MR) is 65.6 cm³/mol. The van der Waals surface area contributed by atoms with Gasteiger partial charge in [0, 0.05) is 0 Å². The maximum Gasteiger partial charge on any atom is 0.258 e. The van der Waals surface area contributed by atoms with Gasteiger partial charge in [0.05, 0.1) is 18.1 Å². The number of hydrogen-bond donors (Lipinski definition) is 2. The molecule has 0 aliphatic carbocycles. The van der Waals surface area contributed by atoms with Gasteiger partial charge >= 0.3 is 0 Å². The summed E-state index contributed by atoms with van der Waals surface area (Å²) in [5.41, 5.74) is -0.949. The van der Waals surface area contributed by atoms with Gasteiger partial charge in [-0.05, 0) is 45.2 Å². The van der Waals surface area contributed by atoms with Crippen LogP contribution < -0.4 is 5.32 Å². The van der Waals surface area contributed by atoms with Crippen molar-refractivity contribution in [2.24, 2.45) is 0 Å². The number of rotatable bonds is 2. The molecule has 4 rings (SSSR count). The predicted octanol–water partition coefficient (Wildman–Crippen LogP) is 0.675. The molecule has 3 saturated heterocycles. The summed E-state index contributed by atoms with van der Waals surface area (Å²) in [5, 5.41) is 17.9. The molecule has 1 aromatic rings. The maximum atomic E-state index is 10.6. The van der Waals surface area contributed by atoms with E-state index in [1.165, 1.54) is 0 Å². The lowest BCUT2D eigenvalue weighted by atomic mass is 9.88. The molecule has 3 fully saturated rings. The van der Waals surface area contributed by atoms with E-state index in [9.17, 15) is 5.11 Å². The summed E-state index contributed by atoms with van der Waals surface area (Å²) < 4.78 is 11.2. The van der Waals surface area contributed by atoms with Gasteiger partial charge in [0.1, 0.15) is 5.60 Å². The molecule has 0 spiro atoms. The van der Waals surface area contributed by atoms with Crippen molar-refractivity contribution in [3.05, 3.63) is 11.7 Å². The summed E-state index contributed by atoms with van der Waals surface area (Å²) in [5.74, 6) is 1.35. The molecule has 2 N–H and O–H groups in total. The van der Waals surface area contributed by atoms with Crippen LogP contribution in [0.25, 0.3) is 0 Å². The van der Waals surface area contributed by atoms with Gasteiger partial charge in [-0.25, -0.2) is 0 Å². The van der Waals surface area contributed by atoms with Crippen LogP contribution in [-0.4, -0.2) is 40.5 Å². The van der Waals surface area contributed by atoms with Crippen LogP contribution in [0.4, 0.5) is 0 Å². The standard InChI is InChI=1S/C13H19N3O3/c17-13(3-5-14-6-4-13)12-15-11(16-19-12)9-7-8-1-2-10(9)18-8/h8-10,14,17H,1-7H2. The Labute approximate surface area is 111 Å². The SMILES string of the molecule is OC1(c2nc(C3CC4CCC3O4)no2)CCNCC1. The van der Waals surface area contributed by atoms with Gasteiger partial charge in [-0.15, -0.1) is 0 Å². The lowest BCUT2D eigenvalue weighted by Crippen LogP contribution is -2.40. The molecule has 3 aliphatic rings. The maximum absolute atomic E-state index is 10.6. The number of ether oxygens (including phenoxy) is 1. The molecule has 1 aromatic heterocycles. The zero-order valence-electron chi connectivity index (χ0n) is 10.8. The number of hydrogen-bond acceptors (Lipinski definition) is 6. The van der Waals surface area contributed by atoms with E-state index in [-0.39, 0.29) is 12.0 Å². The zero-order chi connectivity index (χ0) is 12.9. The van der Waals surface area contributed by atoms with Crippen molar-refractivity contribution < 1.29 is 14.4 Å². The molecule has 3 unspecified atom stereocenters. The first-order valence-electron chi connectivity index (χ1n) is 7.17. The Morgan fingerprint density at radius 1 is 1.26 bits per heavy atom. The fraction of sp³-hybridized carbons (Fsp3) is 0.846. The molecule has 19 heavy (non-hydrogen) atoms. The van der Waals surface area contributed by atoms with Crippen LogP contribution in [-0.2, 0) is 10.3 Å². The third-order valence-corrected chi connectivity index (χ3v) is 4.71. The summed E-state index contributed by atoms with van der Waals surface area (Å²) in [6.45, 7) is 1.57. The fourth-order valence-electron chi connectivity index (χ4n) is 3.54. The van der Waals surface area contributed by atoms with Crippen molar-refractivity contribution >= 4 is 0 Å². The van der Waals surface area contributed by atoms with Gasteiger partial charge in [0.15, 0.2) is 5.82 Å². The van der Waals surface area contributed by atoms with Crippen LogP contribution in [0.3, 0.4) is 0 Å². The van der Waals surface area contributed by atoms with Gasteiger partial charge < -0.3 is 19.7 Å². The number of nitrogens with zero attached hydrogens (tertiary/aromatic N) is 2. The highest BCUT2D eigenvalue weighted by molar-refractivity contribution is 5.09. The molecule has 4 heterocycles. The highest BCUT2D eigenvalue weighted by atomic mass is 16.5. The summed E-state index contributed by atoms with van der Waals surface area (Å²) in [6, 6.07) is 0.